The number of hydrogen-bond donors (Lipinski definition) is 2. The Morgan fingerprint density at radius 3 is 2.25 bits per heavy atom. The summed E-state index contributed by atoms with van der Waals surface area (Å²) in [5, 5.41) is 11.8. The summed E-state index contributed by atoms with van der Waals surface area (Å²) in [6, 6.07) is 8.74. The predicted molar refractivity (Wildman–Crippen MR) is 98.0 cm³/mol. The maximum atomic E-state index is 13.7. The van der Waals surface area contributed by atoms with Gasteiger partial charge in [-0.15, -0.1) is 0 Å². The molecule has 2 N–H and O–H groups in total. The summed E-state index contributed by atoms with van der Waals surface area (Å²) in [6.07, 6.45) is -0.418. The van der Waals surface area contributed by atoms with Gasteiger partial charge in [-0.3, -0.25) is 9.59 Å². The highest BCUT2D eigenvalue weighted by Gasteiger charge is 2.22. The summed E-state index contributed by atoms with van der Waals surface area (Å²) in [7, 11) is 2.79. The van der Waals surface area contributed by atoms with Crippen molar-refractivity contribution in [1.82, 2.24) is 5.32 Å². The van der Waals surface area contributed by atoms with Gasteiger partial charge in [-0.1, -0.05) is 12.1 Å². The zero-order valence-electron chi connectivity index (χ0n) is 15.4. The van der Waals surface area contributed by atoms with E-state index in [-0.39, 0.29) is 24.2 Å². The molecule has 0 bridgehead atoms. The summed E-state index contributed by atoms with van der Waals surface area (Å²) in [4.78, 5) is 35.7. The Bertz CT molecular complexity index is 865. The Kier molecular flexibility index (Phi) is 7.08. The third-order valence-electron chi connectivity index (χ3n) is 4.05. The average molecular weight is 389 g/mol. The molecule has 2 aromatic carbocycles. The lowest BCUT2D eigenvalue weighted by atomic mass is 10.0. The number of halogens is 1. The van der Waals surface area contributed by atoms with E-state index in [1.807, 2.05) is 0 Å². The molecule has 0 aliphatic carbocycles. The number of hydrogen-bond acceptors (Lipinski definition) is 5. The minimum Gasteiger partial charge on any atom is -0.497 e. The van der Waals surface area contributed by atoms with E-state index in [1.54, 1.807) is 12.1 Å². The molecule has 0 saturated heterocycles. The van der Waals surface area contributed by atoms with E-state index in [0.29, 0.717) is 11.3 Å². The Balaban J connectivity index is 1.98. The highest BCUT2D eigenvalue weighted by atomic mass is 19.1. The van der Waals surface area contributed by atoms with Crippen LogP contribution in [0.15, 0.2) is 42.5 Å². The van der Waals surface area contributed by atoms with Crippen LogP contribution in [-0.2, 0) is 9.59 Å². The molecule has 1 atom stereocenters. The van der Waals surface area contributed by atoms with E-state index < -0.39 is 29.5 Å². The molecule has 0 aliphatic rings. The number of amides is 1. The van der Waals surface area contributed by atoms with Crippen molar-refractivity contribution in [2.75, 3.05) is 14.2 Å². The molecule has 2 aromatic rings. The number of carboxylic acid groups (broad SMARTS) is 1. The fourth-order valence-corrected chi connectivity index (χ4v) is 2.53. The van der Waals surface area contributed by atoms with E-state index in [4.69, 9.17) is 9.47 Å². The van der Waals surface area contributed by atoms with Crippen LogP contribution < -0.4 is 14.8 Å². The second-order valence-electron chi connectivity index (χ2n) is 5.88. The quantitative estimate of drug-likeness (QED) is 0.640. The lowest BCUT2D eigenvalue weighted by Crippen LogP contribution is -2.33. The van der Waals surface area contributed by atoms with Crippen LogP contribution in [0.4, 0.5) is 4.39 Å². The molecule has 0 fully saturated rings. The SMILES string of the molecule is COc1ccc(C(NC(=O)CCC(=O)c2ccc(OC)c(F)c2)C(=O)O)cc1. The molecular formula is C20H20FNO6. The molecular weight excluding hydrogens is 369 g/mol. The van der Waals surface area contributed by atoms with E-state index >= 15 is 0 Å². The first kappa shape index (κ1) is 20.9. The molecule has 7 nitrogen and oxygen atoms in total. The second-order valence-corrected chi connectivity index (χ2v) is 5.88. The minimum absolute atomic E-state index is 0.0121. The molecule has 0 aliphatic heterocycles. The number of ketones is 1. The number of methoxy groups -OCH3 is 2. The van der Waals surface area contributed by atoms with Crippen LogP contribution in [0.1, 0.15) is 34.8 Å². The molecule has 0 spiro atoms. The second kappa shape index (κ2) is 9.50. The molecule has 1 amide bonds. The van der Waals surface area contributed by atoms with Crippen molar-refractivity contribution in [2.45, 2.75) is 18.9 Å². The van der Waals surface area contributed by atoms with Gasteiger partial charge in [0, 0.05) is 18.4 Å². The van der Waals surface area contributed by atoms with Crippen LogP contribution in [0.5, 0.6) is 11.5 Å². The smallest absolute Gasteiger partial charge is 0.330 e. The van der Waals surface area contributed by atoms with Crippen molar-refractivity contribution >= 4 is 17.7 Å². The van der Waals surface area contributed by atoms with E-state index in [0.717, 1.165) is 6.07 Å². The Labute approximate surface area is 161 Å². The van der Waals surface area contributed by atoms with Gasteiger partial charge >= 0.3 is 5.97 Å². The fraction of sp³-hybridized carbons (Fsp3) is 0.250. The van der Waals surface area contributed by atoms with E-state index in [9.17, 15) is 23.9 Å². The normalized spacial score (nSPS) is 11.4. The summed E-state index contributed by atoms with van der Waals surface area (Å²) in [5.74, 6) is -2.39. The minimum atomic E-state index is -1.26. The summed E-state index contributed by atoms with van der Waals surface area (Å²) in [6.45, 7) is 0. The molecule has 0 heterocycles. The van der Waals surface area contributed by atoms with Crippen molar-refractivity contribution in [3.63, 3.8) is 0 Å². The number of carbonyl (C=O) groups is 3. The monoisotopic (exact) mass is 389 g/mol. The first-order chi connectivity index (χ1) is 13.3. The summed E-state index contributed by atoms with van der Waals surface area (Å²) < 4.78 is 23.5. The number of benzene rings is 2. The van der Waals surface area contributed by atoms with Gasteiger partial charge in [0.25, 0.3) is 0 Å². The third-order valence-corrected chi connectivity index (χ3v) is 4.05. The van der Waals surface area contributed by atoms with E-state index in [1.165, 1.54) is 38.5 Å². The lowest BCUT2D eigenvalue weighted by molar-refractivity contribution is -0.142. The summed E-state index contributed by atoms with van der Waals surface area (Å²) in [5.41, 5.74) is 0.473. The van der Waals surface area contributed by atoms with Crippen LogP contribution in [0.25, 0.3) is 0 Å². The van der Waals surface area contributed by atoms with Gasteiger partial charge in [-0.05, 0) is 35.9 Å². The molecule has 0 aromatic heterocycles. The fourth-order valence-electron chi connectivity index (χ4n) is 2.53. The Hall–Kier alpha value is -3.42. The van der Waals surface area contributed by atoms with Crippen molar-refractivity contribution in [3.05, 3.63) is 59.4 Å². The molecule has 0 radical (unpaired) electrons. The standard InChI is InChI=1S/C20H20FNO6/c1-27-14-6-3-12(4-7-14)19(20(25)26)22-18(24)10-8-16(23)13-5-9-17(28-2)15(21)11-13/h3-7,9,11,19H,8,10H2,1-2H3,(H,22,24)(H,25,26). The topological polar surface area (TPSA) is 102 Å². The highest BCUT2D eigenvalue weighted by molar-refractivity contribution is 5.98. The molecule has 28 heavy (non-hydrogen) atoms. The molecule has 0 saturated carbocycles. The number of ether oxygens (including phenoxy) is 2. The van der Waals surface area contributed by atoms with Gasteiger partial charge in [0.15, 0.2) is 23.4 Å². The zero-order valence-corrected chi connectivity index (χ0v) is 15.4. The number of carboxylic acids is 1. The van der Waals surface area contributed by atoms with Crippen molar-refractivity contribution < 1.29 is 33.4 Å². The summed E-state index contributed by atoms with van der Waals surface area (Å²) >= 11 is 0. The van der Waals surface area contributed by atoms with Gasteiger partial charge in [0.2, 0.25) is 5.91 Å². The van der Waals surface area contributed by atoms with Crippen LogP contribution in [-0.4, -0.2) is 37.0 Å². The van der Waals surface area contributed by atoms with Crippen LogP contribution in [0.3, 0.4) is 0 Å². The highest BCUT2D eigenvalue weighted by Crippen LogP contribution is 2.20. The number of aliphatic carboxylic acids is 1. The maximum absolute atomic E-state index is 13.7. The van der Waals surface area contributed by atoms with Gasteiger partial charge in [0.1, 0.15) is 5.75 Å². The lowest BCUT2D eigenvalue weighted by Gasteiger charge is -2.15. The van der Waals surface area contributed by atoms with Crippen molar-refractivity contribution in [3.8, 4) is 11.5 Å². The Morgan fingerprint density at radius 2 is 1.71 bits per heavy atom. The first-order valence-electron chi connectivity index (χ1n) is 8.38. The van der Waals surface area contributed by atoms with Gasteiger partial charge in [-0.25, -0.2) is 9.18 Å². The number of nitrogens with one attached hydrogen (secondary N) is 1. The number of carbonyl (C=O) groups excluding carboxylic acids is 2. The molecule has 148 valence electrons. The predicted octanol–water partition coefficient (Wildman–Crippen LogP) is 2.75. The van der Waals surface area contributed by atoms with Crippen LogP contribution in [0, 0.1) is 5.82 Å². The van der Waals surface area contributed by atoms with Gasteiger partial charge in [-0.2, -0.15) is 0 Å². The molecule has 2 rings (SSSR count). The van der Waals surface area contributed by atoms with E-state index in [2.05, 4.69) is 5.32 Å². The maximum Gasteiger partial charge on any atom is 0.330 e. The number of Topliss-reactive ketones (excluding diaryl/α,β-unsaturated/α-hetero) is 1. The first-order valence-corrected chi connectivity index (χ1v) is 8.38. The molecule has 8 heteroatoms. The zero-order chi connectivity index (χ0) is 20.7. The Morgan fingerprint density at radius 1 is 1.04 bits per heavy atom. The van der Waals surface area contributed by atoms with Gasteiger partial charge < -0.3 is 19.9 Å². The molecule has 1 unspecified atom stereocenters. The van der Waals surface area contributed by atoms with Crippen LogP contribution >= 0.6 is 0 Å². The van der Waals surface area contributed by atoms with Crippen molar-refractivity contribution in [2.24, 2.45) is 0 Å². The number of rotatable bonds is 9. The largest absolute Gasteiger partial charge is 0.497 e. The van der Waals surface area contributed by atoms with Crippen molar-refractivity contribution in [1.29, 1.82) is 0 Å². The average Bonchev–Trinajstić information content (AvgIpc) is 2.70. The third kappa shape index (κ3) is 5.29. The van der Waals surface area contributed by atoms with Crippen LogP contribution in [0.2, 0.25) is 0 Å². The van der Waals surface area contributed by atoms with Gasteiger partial charge in [0.05, 0.1) is 14.2 Å².